The smallest absolute Gasteiger partial charge is 0.240 e. The van der Waals surface area contributed by atoms with Crippen molar-refractivity contribution in [3.05, 3.63) is 48.3 Å². The summed E-state index contributed by atoms with van der Waals surface area (Å²) in [5.41, 5.74) is 1.19. The summed E-state index contributed by atoms with van der Waals surface area (Å²) >= 11 is 0. The van der Waals surface area contributed by atoms with E-state index in [0.29, 0.717) is 24.0 Å². The van der Waals surface area contributed by atoms with Crippen molar-refractivity contribution in [2.24, 2.45) is 18.9 Å². The Bertz CT molecular complexity index is 852. The highest BCUT2D eigenvalue weighted by Gasteiger charge is 2.43. The average Bonchev–Trinajstić information content (AvgIpc) is 3.31. The van der Waals surface area contributed by atoms with Crippen LogP contribution in [-0.2, 0) is 28.4 Å². The maximum Gasteiger partial charge on any atom is 0.240 e. The predicted octanol–water partition coefficient (Wildman–Crippen LogP) is 0.845. The van der Waals surface area contributed by atoms with Crippen LogP contribution < -0.4 is 4.72 Å². The molecule has 3 atom stereocenters. The van der Waals surface area contributed by atoms with E-state index >= 15 is 0 Å². The molecule has 1 N–H and O–H groups in total. The van der Waals surface area contributed by atoms with Crippen molar-refractivity contribution in [1.29, 1.82) is 0 Å². The van der Waals surface area contributed by atoms with Gasteiger partial charge in [-0.25, -0.2) is 13.1 Å². The molecule has 4 rings (SSSR count). The molecule has 140 valence electrons. The van der Waals surface area contributed by atoms with Crippen LogP contribution in [0.2, 0.25) is 0 Å². The minimum Gasteiger partial charge on any atom is -0.376 e. The van der Waals surface area contributed by atoms with Gasteiger partial charge >= 0.3 is 0 Å². The minimum absolute atomic E-state index is 0.193. The number of hydrogen-bond acceptors (Lipinski definition) is 5. The number of nitrogens with one attached hydrogen (secondary N) is 1. The highest BCUT2D eigenvalue weighted by Crippen LogP contribution is 2.34. The quantitative estimate of drug-likeness (QED) is 0.809. The summed E-state index contributed by atoms with van der Waals surface area (Å²) in [5.74, 6) is 0.572. The molecule has 2 aromatic rings. The van der Waals surface area contributed by atoms with E-state index < -0.39 is 10.0 Å². The Hall–Kier alpha value is -1.74. The third kappa shape index (κ3) is 3.68. The number of fused-ring (bicyclic) bond motifs is 1. The molecule has 26 heavy (non-hydrogen) atoms. The Morgan fingerprint density at radius 2 is 2.08 bits per heavy atom. The summed E-state index contributed by atoms with van der Waals surface area (Å²) in [5, 5.41) is 4.21. The second-order valence-corrected chi connectivity index (χ2v) is 8.94. The number of ether oxygens (including phenoxy) is 1. The highest BCUT2D eigenvalue weighted by molar-refractivity contribution is 7.89. The predicted molar refractivity (Wildman–Crippen MR) is 96.8 cm³/mol. The first-order valence-electron chi connectivity index (χ1n) is 8.87. The Kier molecular flexibility index (Phi) is 4.83. The average molecular weight is 376 g/mol. The van der Waals surface area contributed by atoms with Crippen LogP contribution in [0.3, 0.4) is 0 Å². The molecular weight excluding hydrogens is 352 g/mol. The maximum atomic E-state index is 12.4. The molecule has 0 amide bonds. The van der Waals surface area contributed by atoms with Crippen molar-refractivity contribution in [1.82, 2.24) is 19.4 Å². The zero-order valence-electron chi connectivity index (χ0n) is 14.8. The van der Waals surface area contributed by atoms with Crippen molar-refractivity contribution in [3.8, 4) is 0 Å². The summed E-state index contributed by atoms with van der Waals surface area (Å²) in [6, 6.07) is 8.50. The molecule has 2 saturated heterocycles. The van der Waals surface area contributed by atoms with Gasteiger partial charge in [-0.15, -0.1) is 0 Å². The van der Waals surface area contributed by atoms with Crippen molar-refractivity contribution >= 4 is 10.0 Å². The van der Waals surface area contributed by atoms with Crippen LogP contribution in [0.25, 0.3) is 0 Å². The standard InChI is InChI=1S/C18H24N4O3S/c1-21-9-14(7-19-21)10-22-11-17-15(13-25-18(17)12-22)8-20-26(23,24)16-5-3-2-4-6-16/h2-7,9,15,17-18,20H,8,10-13H2,1H3/t15-,17+,18+/m0/s1. The number of rotatable bonds is 6. The fraction of sp³-hybridized carbons (Fsp3) is 0.500. The number of likely N-dealkylation sites (tertiary alicyclic amines) is 1. The lowest BCUT2D eigenvalue weighted by atomic mass is 9.93. The number of sulfonamides is 1. The summed E-state index contributed by atoms with van der Waals surface area (Å²) in [6.45, 7) is 3.71. The Labute approximate surface area is 154 Å². The number of nitrogens with zero attached hydrogens (tertiary/aromatic N) is 3. The monoisotopic (exact) mass is 376 g/mol. The summed E-state index contributed by atoms with van der Waals surface area (Å²) in [7, 11) is -1.55. The van der Waals surface area contributed by atoms with E-state index in [2.05, 4.69) is 14.7 Å². The van der Waals surface area contributed by atoms with Crippen molar-refractivity contribution in [2.75, 3.05) is 26.2 Å². The summed E-state index contributed by atoms with van der Waals surface area (Å²) in [4.78, 5) is 2.67. The van der Waals surface area contributed by atoms with E-state index in [4.69, 9.17) is 4.74 Å². The van der Waals surface area contributed by atoms with Gasteiger partial charge in [0.2, 0.25) is 10.0 Å². The molecule has 0 bridgehead atoms. The van der Waals surface area contributed by atoms with Gasteiger partial charge in [0.1, 0.15) is 0 Å². The molecule has 0 aliphatic carbocycles. The van der Waals surface area contributed by atoms with E-state index in [1.807, 2.05) is 30.2 Å². The molecule has 2 aliphatic heterocycles. The molecule has 0 spiro atoms. The zero-order chi connectivity index (χ0) is 18.1. The molecular formula is C18H24N4O3S. The van der Waals surface area contributed by atoms with Gasteiger partial charge in [-0.3, -0.25) is 9.58 Å². The number of benzene rings is 1. The maximum absolute atomic E-state index is 12.4. The van der Waals surface area contributed by atoms with E-state index in [0.717, 1.165) is 19.6 Å². The van der Waals surface area contributed by atoms with Crippen molar-refractivity contribution < 1.29 is 13.2 Å². The number of aromatic nitrogens is 2. The van der Waals surface area contributed by atoms with Crippen LogP contribution in [-0.4, -0.2) is 55.4 Å². The molecule has 2 aliphatic rings. The van der Waals surface area contributed by atoms with Gasteiger partial charge < -0.3 is 4.74 Å². The lowest BCUT2D eigenvalue weighted by Crippen LogP contribution is -2.34. The van der Waals surface area contributed by atoms with Crippen LogP contribution in [0, 0.1) is 11.8 Å². The van der Waals surface area contributed by atoms with E-state index in [9.17, 15) is 8.42 Å². The first-order chi connectivity index (χ1) is 12.5. The normalized spacial score (nSPS) is 26.3. The van der Waals surface area contributed by atoms with Crippen LogP contribution in [0.15, 0.2) is 47.6 Å². The molecule has 2 fully saturated rings. The molecule has 7 nitrogen and oxygen atoms in total. The Morgan fingerprint density at radius 3 is 2.81 bits per heavy atom. The lowest BCUT2D eigenvalue weighted by molar-refractivity contribution is 0.0942. The Balaban J connectivity index is 1.34. The molecule has 1 aromatic heterocycles. The van der Waals surface area contributed by atoms with Gasteiger partial charge in [0.25, 0.3) is 0 Å². The SMILES string of the molecule is Cn1cc(CN2C[C@@H]3[C@@H](CNS(=O)(=O)c4ccccc4)CO[C@@H]3C2)cn1. The molecule has 0 saturated carbocycles. The van der Waals surface area contributed by atoms with E-state index in [-0.39, 0.29) is 12.0 Å². The summed E-state index contributed by atoms with van der Waals surface area (Å²) in [6.07, 6.45) is 4.11. The van der Waals surface area contributed by atoms with E-state index in [1.54, 1.807) is 24.3 Å². The molecule has 0 unspecified atom stereocenters. The van der Waals surface area contributed by atoms with Crippen LogP contribution in [0.1, 0.15) is 5.56 Å². The third-order valence-electron chi connectivity index (χ3n) is 5.27. The molecule has 1 aromatic carbocycles. The lowest BCUT2D eigenvalue weighted by Gasteiger charge is -2.19. The van der Waals surface area contributed by atoms with Gasteiger partial charge in [0.05, 0.1) is 23.8 Å². The number of aryl methyl sites for hydroxylation is 1. The van der Waals surface area contributed by atoms with Gasteiger partial charge in [-0.1, -0.05) is 18.2 Å². The van der Waals surface area contributed by atoms with Crippen LogP contribution >= 0.6 is 0 Å². The molecule has 0 radical (unpaired) electrons. The van der Waals surface area contributed by atoms with Crippen molar-refractivity contribution in [3.63, 3.8) is 0 Å². The van der Waals surface area contributed by atoms with Crippen LogP contribution in [0.5, 0.6) is 0 Å². The highest BCUT2D eigenvalue weighted by atomic mass is 32.2. The summed E-state index contributed by atoms with van der Waals surface area (Å²) < 4.78 is 35.3. The van der Waals surface area contributed by atoms with Crippen molar-refractivity contribution in [2.45, 2.75) is 17.5 Å². The largest absolute Gasteiger partial charge is 0.376 e. The van der Waals surface area contributed by atoms with Gasteiger partial charge in [0.15, 0.2) is 0 Å². The second kappa shape index (κ2) is 7.11. The van der Waals surface area contributed by atoms with Gasteiger partial charge in [-0.2, -0.15) is 5.10 Å². The topological polar surface area (TPSA) is 76.5 Å². The fourth-order valence-electron chi connectivity index (χ4n) is 3.93. The third-order valence-corrected chi connectivity index (χ3v) is 6.71. The van der Waals surface area contributed by atoms with Crippen LogP contribution in [0.4, 0.5) is 0 Å². The second-order valence-electron chi connectivity index (χ2n) is 7.18. The Morgan fingerprint density at radius 1 is 1.27 bits per heavy atom. The zero-order valence-corrected chi connectivity index (χ0v) is 15.6. The van der Waals surface area contributed by atoms with Gasteiger partial charge in [0, 0.05) is 56.8 Å². The molecule has 3 heterocycles. The van der Waals surface area contributed by atoms with E-state index in [1.165, 1.54) is 5.56 Å². The van der Waals surface area contributed by atoms with Gasteiger partial charge in [-0.05, 0) is 12.1 Å². The number of hydrogen-bond donors (Lipinski definition) is 1. The minimum atomic E-state index is -3.47. The fourth-order valence-corrected chi connectivity index (χ4v) is 5.05. The first-order valence-corrected chi connectivity index (χ1v) is 10.4. The molecule has 8 heteroatoms. The first kappa shape index (κ1) is 17.7.